The number of imidazole rings is 1. The zero-order valence-corrected chi connectivity index (χ0v) is 18.8. The third-order valence-corrected chi connectivity index (χ3v) is 6.48. The number of amides is 4. The minimum absolute atomic E-state index is 0.250. The summed E-state index contributed by atoms with van der Waals surface area (Å²) >= 11 is 0. The number of carbonyl (C=O) groups excluding carboxylic acids is 3. The molecule has 2 saturated heterocycles. The maximum atomic E-state index is 12.9. The molecule has 0 saturated carbocycles. The number of likely N-dealkylation sites (N-methyl/N-ethyl adjacent to an activating group) is 2. The average molecular weight is 433 g/mol. The lowest BCUT2D eigenvalue weighted by Crippen LogP contribution is -2.56. The summed E-state index contributed by atoms with van der Waals surface area (Å²) < 4.78 is 9.13. The number of ether oxygens (including phenoxy) is 1. The van der Waals surface area contributed by atoms with E-state index in [9.17, 15) is 14.4 Å². The molecule has 4 heterocycles. The van der Waals surface area contributed by atoms with E-state index in [1.54, 1.807) is 11.9 Å². The van der Waals surface area contributed by atoms with Gasteiger partial charge in [0.2, 0.25) is 11.9 Å². The average Bonchev–Trinajstić information content (AvgIpc) is 3.26. The lowest BCUT2D eigenvalue weighted by molar-refractivity contribution is -0.688. The van der Waals surface area contributed by atoms with E-state index >= 15 is 0 Å². The SMILES string of the molecule is CCOC(=O)N1CCN(CC[n+]2c(C)c(C)n3c2N=C2C3C(=O)N(C)C(=O)N2C)CC1. The second kappa shape index (κ2) is 7.95. The van der Waals surface area contributed by atoms with Crippen molar-refractivity contribution < 1.29 is 23.7 Å². The van der Waals surface area contributed by atoms with Crippen molar-refractivity contribution >= 4 is 29.8 Å². The Labute approximate surface area is 181 Å². The van der Waals surface area contributed by atoms with Crippen LogP contribution in [0.15, 0.2) is 4.99 Å². The Morgan fingerprint density at radius 3 is 2.45 bits per heavy atom. The molecule has 1 aromatic rings. The standard InChI is InChI=1S/C20H30N7O4/c1-6-31-20(30)25-10-7-24(8-11-25)9-12-26-13(2)14(3)27-15-16(21-18(26)27)22(4)19(29)23(5)17(15)28/h15H,6-12H2,1-5H3/q+1. The number of urea groups is 1. The highest BCUT2D eigenvalue weighted by atomic mass is 16.6. The van der Waals surface area contributed by atoms with E-state index in [1.165, 1.54) is 11.9 Å². The van der Waals surface area contributed by atoms with Crippen LogP contribution in [0, 0.1) is 13.8 Å². The van der Waals surface area contributed by atoms with Crippen LogP contribution in [0.4, 0.5) is 15.5 Å². The van der Waals surface area contributed by atoms with Gasteiger partial charge in [-0.1, -0.05) is 4.99 Å². The molecule has 4 rings (SSSR count). The summed E-state index contributed by atoms with van der Waals surface area (Å²) in [6.07, 6.45) is -0.250. The number of aliphatic imine (C=N–C) groups is 1. The first-order valence-electron chi connectivity index (χ1n) is 10.6. The summed E-state index contributed by atoms with van der Waals surface area (Å²) in [5.74, 6) is 0.910. The van der Waals surface area contributed by atoms with Gasteiger partial charge in [-0.2, -0.15) is 0 Å². The van der Waals surface area contributed by atoms with Gasteiger partial charge in [0.25, 0.3) is 5.91 Å². The molecule has 0 bridgehead atoms. The molecule has 0 N–H and O–H groups in total. The minimum atomic E-state index is -0.601. The van der Waals surface area contributed by atoms with Gasteiger partial charge >= 0.3 is 18.1 Å². The summed E-state index contributed by atoms with van der Waals surface area (Å²) in [5.41, 5.74) is 2.02. The van der Waals surface area contributed by atoms with Crippen LogP contribution in [-0.4, -0.2) is 101 Å². The molecule has 4 amide bonds. The van der Waals surface area contributed by atoms with Gasteiger partial charge in [-0.05, 0) is 20.8 Å². The number of hydrogen-bond donors (Lipinski definition) is 0. The van der Waals surface area contributed by atoms with Gasteiger partial charge in [0.15, 0.2) is 0 Å². The molecular formula is C20H30N7O4+. The maximum Gasteiger partial charge on any atom is 0.409 e. The molecule has 168 valence electrons. The lowest BCUT2D eigenvalue weighted by atomic mass is 10.1. The Kier molecular flexibility index (Phi) is 5.46. The van der Waals surface area contributed by atoms with Gasteiger partial charge in [-0.25, -0.2) is 18.7 Å². The maximum absolute atomic E-state index is 12.9. The number of amidine groups is 1. The number of hydrogen-bond acceptors (Lipinski definition) is 6. The molecule has 3 aliphatic heterocycles. The van der Waals surface area contributed by atoms with Crippen LogP contribution in [0.1, 0.15) is 24.4 Å². The van der Waals surface area contributed by atoms with Crippen LogP contribution in [-0.2, 0) is 16.1 Å². The van der Waals surface area contributed by atoms with Crippen LogP contribution >= 0.6 is 0 Å². The predicted octanol–water partition coefficient (Wildman–Crippen LogP) is 0.275. The topological polar surface area (TPSA) is 94.6 Å². The molecule has 1 aromatic heterocycles. The number of fused-ring (bicyclic) bond motifs is 3. The molecule has 0 spiro atoms. The first-order valence-corrected chi connectivity index (χ1v) is 10.6. The molecule has 11 heteroatoms. The minimum Gasteiger partial charge on any atom is -0.450 e. The van der Waals surface area contributed by atoms with Crippen molar-refractivity contribution in [3.8, 4) is 0 Å². The third-order valence-electron chi connectivity index (χ3n) is 6.48. The summed E-state index contributed by atoms with van der Waals surface area (Å²) in [7, 11) is 3.16. The van der Waals surface area contributed by atoms with E-state index in [0.717, 1.165) is 35.9 Å². The molecule has 2 fully saturated rings. The van der Waals surface area contributed by atoms with Gasteiger partial charge in [0.05, 0.1) is 13.2 Å². The summed E-state index contributed by atoms with van der Waals surface area (Å²) in [4.78, 5) is 48.4. The van der Waals surface area contributed by atoms with E-state index in [-0.39, 0.29) is 18.0 Å². The van der Waals surface area contributed by atoms with E-state index in [4.69, 9.17) is 9.73 Å². The molecule has 1 unspecified atom stereocenters. The van der Waals surface area contributed by atoms with Crippen LogP contribution in [0.3, 0.4) is 0 Å². The second-order valence-corrected chi connectivity index (χ2v) is 8.13. The number of rotatable bonds is 4. The van der Waals surface area contributed by atoms with Gasteiger partial charge in [-0.15, -0.1) is 0 Å². The van der Waals surface area contributed by atoms with E-state index in [0.29, 0.717) is 38.0 Å². The number of carbonyl (C=O) groups is 3. The smallest absolute Gasteiger partial charge is 0.409 e. The van der Waals surface area contributed by atoms with Crippen LogP contribution in [0.5, 0.6) is 0 Å². The number of aromatic nitrogens is 2. The van der Waals surface area contributed by atoms with Crippen molar-refractivity contribution in [2.75, 3.05) is 53.4 Å². The zero-order valence-electron chi connectivity index (χ0n) is 18.8. The monoisotopic (exact) mass is 432 g/mol. The first kappa shape index (κ1) is 21.3. The van der Waals surface area contributed by atoms with Crippen molar-refractivity contribution in [1.82, 2.24) is 24.2 Å². The van der Waals surface area contributed by atoms with Crippen molar-refractivity contribution in [2.45, 2.75) is 33.4 Å². The Morgan fingerprint density at radius 1 is 1.13 bits per heavy atom. The number of nitrogens with zero attached hydrogens (tertiary/aromatic N) is 7. The Balaban J connectivity index is 1.50. The van der Waals surface area contributed by atoms with Crippen molar-refractivity contribution in [3.63, 3.8) is 0 Å². The quantitative estimate of drug-likeness (QED) is 0.637. The summed E-state index contributed by atoms with van der Waals surface area (Å²) in [6.45, 7) is 10.6. The highest BCUT2D eigenvalue weighted by Gasteiger charge is 2.53. The molecule has 0 aromatic carbocycles. The third kappa shape index (κ3) is 3.36. The fraction of sp³-hybridized carbons (Fsp3) is 0.650. The highest BCUT2D eigenvalue weighted by molar-refractivity contribution is 6.20. The molecular weight excluding hydrogens is 402 g/mol. The van der Waals surface area contributed by atoms with Crippen molar-refractivity contribution in [1.29, 1.82) is 0 Å². The largest absolute Gasteiger partial charge is 0.450 e. The van der Waals surface area contributed by atoms with E-state index in [2.05, 4.69) is 9.47 Å². The fourth-order valence-electron chi connectivity index (χ4n) is 4.46. The van der Waals surface area contributed by atoms with Crippen molar-refractivity contribution in [2.24, 2.45) is 4.99 Å². The van der Waals surface area contributed by atoms with Gasteiger partial charge in [0.1, 0.15) is 11.4 Å². The second-order valence-electron chi connectivity index (χ2n) is 8.13. The van der Waals surface area contributed by atoms with E-state index in [1.807, 2.05) is 25.3 Å². The molecule has 1 atom stereocenters. The first-order chi connectivity index (χ1) is 14.8. The van der Waals surface area contributed by atoms with Gasteiger partial charge in [-0.3, -0.25) is 19.5 Å². The molecule has 3 aliphatic rings. The predicted molar refractivity (Wildman–Crippen MR) is 111 cm³/mol. The van der Waals surface area contributed by atoms with Gasteiger partial charge < -0.3 is 9.64 Å². The van der Waals surface area contributed by atoms with Crippen LogP contribution < -0.4 is 4.57 Å². The molecule has 31 heavy (non-hydrogen) atoms. The Morgan fingerprint density at radius 2 is 1.81 bits per heavy atom. The summed E-state index contributed by atoms with van der Waals surface area (Å²) in [6, 6.07) is -0.970. The Hall–Kier alpha value is -2.95. The normalized spacial score (nSPS) is 21.4. The van der Waals surface area contributed by atoms with E-state index < -0.39 is 6.04 Å². The summed E-state index contributed by atoms with van der Waals surface area (Å²) in [5, 5.41) is 0. The van der Waals surface area contributed by atoms with Crippen molar-refractivity contribution in [3.05, 3.63) is 11.4 Å². The van der Waals surface area contributed by atoms with Crippen LogP contribution in [0.25, 0.3) is 0 Å². The zero-order chi connectivity index (χ0) is 22.4. The molecule has 0 radical (unpaired) electrons. The molecule has 0 aliphatic carbocycles. The van der Waals surface area contributed by atoms with Crippen LogP contribution in [0.2, 0.25) is 0 Å². The fourth-order valence-corrected chi connectivity index (χ4v) is 4.46. The van der Waals surface area contributed by atoms with Gasteiger partial charge in [0, 0.05) is 46.8 Å². The highest BCUT2D eigenvalue weighted by Crippen LogP contribution is 2.34. The lowest BCUT2D eigenvalue weighted by Gasteiger charge is -2.33. The Bertz CT molecular complexity index is 961. The number of imide groups is 1. The number of piperazine rings is 1. The molecule has 11 nitrogen and oxygen atoms in total.